The second-order valence-corrected chi connectivity index (χ2v) is 13.1. The van der Waals surface area contributed by atoms with Crippen molar-refractivity contribution in [3.8, 4) is 5.88 Å². The number of nitrogens with one attached hydrogen (secondary N) is 1. The molecular weight excluding hydrogens is 356 g/mol. The summed E-state index contributed by atoms with van der Waals surface area (Å²) in [4.78, 5) is 4.64. The lowest BCUT2D eigenvalue weighted by Gasteiger charge is -2.36. The largest absolute Gasteiger partial charge is 0.472 e. The second-order valence-electron chi connectivity index (χ2n) is 8.34. The van der Waals surface area contributed by atoms with Crippen molar-refractivity contribution in [2.75, 3.05) is 0 Å². The van der Waals surface area contributed by atoms with Gasteiger partial charge in [-0.3, -0.25) is 5.10 Å². The van der Waals surface area contributed by atoms with Gasteiger partial charge in [0.25, 0.3) is 0 Å². The summed E-state index contributed by atoms with van der Waals surface area (Å²) in [5.74, 6) is 0.577. The fraction of sp³-hybridized carbons (Fsp3) is 0.450. The Morgan fingerprint density at radius 3 is 2.44 bits per heavy atom. The second kappa shape index (κ2) is 7.40. The summed E-state index contributed by atoms with van der Waals surface area (Å²) >= 11 is 0. The molecule has 3 rings (SSSR count). The predicted octanol–water partition coefficient (Wildman–Crippen LogP) is 4.76. The number of aromatic amines is 1. The quantitative estimate of drug-likeness (QED) is 0.620. The average Bonchev–Trinajstić information content (AvgIpc) is 3.09. The molecule has 0 bridgehead atoms. The molecule has 0 spiro atoms. The highest BCUT2D eigenvalue weighted by Crippen LogP contribution is 2.38. The molecule has 7 heteroatoms. The molecule has 0 aliphatic carbocycles. The zero-order valence-electron chi connectivity index (χ0n) is 17.0. The normalized spacial score (nSPS) is 12.5. The summed E-state index contributed by atoms with van der Waals surface area (Å²) in [6, 6.07) is 10.1. The van der Waals surface area contributed by atoms with Gasteiger partial charge in [-0.25, -0.2) is 4.98 Å². The molecular formula is C20H28N4O2Si. The highest BCUT2D eigenvalue weighted by Gasteiger charge is 2.37. The number of aryl methyl sites for hydroxylation is 1. The number of H-pyrrole nitrogens is 1. The van der Waals surface area contributed by atoms with Crippen LogP contribution in [0.1, 0.15) is 37.6 Å². The highest BCUT2D eigenvalue weighted by atomic mass is 28.4. The van der Waals surface area contributed by atoms with Gasteiger partial charge in [-0.2, -0.15) is 0 Å². The van der Waals surface area contributed by atoms with Crippen molar-refractivity contribution in [1.29, 1.82) is 0 Å². The summed E-state index contributed by atoms with van der Waals surface area (Å²) in [5.41, 5.74) is 4.36. The van der Waals surface area contributed by atoms with E-state index in [4.69, 9.17) is 9.16 Å². The molecule has 3 aromatic rings. The maximum absolute atomic E-state index is 6.43. The molecule has 144 valence electrons. The zero-order valence-corrected chi connectivity index (χ0v) is 18.0. The van der Waals surface area contributed by atoms with Crippen molar-refractivity contribution < 1.29 is 9.16 Å². The standard InChI is InChI=1S/C20H28N4O2Si/c1-14-17-18(23-24-22-17)16(13-26-27(5,6)20(2,3)4)19(21-14)25-12-15-10-8-7-9-11-15/h7-11H,12-13H2,1-6H3,(H,22,23,24). The van der Waals surface area contributed by atoms with Crippen LogP contribution in [-0.4, -0.2) is 28.7 Å². The Bertz CT molecular complexity index is 917. The van der Waals surface area contributed by atoms with Crippen LogP contribution in [0.25, 0.3) is 11.0 Å². The third kappa shape index (κ3) is 4.19. The van der Waals surface area contributed by atoms with Gasteiger partial charge in [0.15, 0.2) is 8.32 Å². The van der Waals surface area contributed by atoms with Crippen LogP contribution in [0.3, 0.4) is 0 Å². The SMILES string of the molecule is Cc1nc(OCc2ccccc2)c(CO[Si](C)(C)C(C)(C)C)c2[nH]nnc12. The lowest BCUT2D eigenvalue weighted by atomic mass is 10.2. The minimum atomic E-state index is -1.92. The first-order valence-electron chi connectivity index (χ1n) is 9.20. The fourth-order valence-electron chi connectivity index (χ4n) is 2.52. The number of hydrogen-bond acceptors (Lipinski definition) is 5. The Labute approximate surface area is 161 Å². The number of nitrogens with zero attached hydrogens (tertiary/aromatic N) is 3. The van der Waals surface area contributed by atoms with Crippen molar-refractivity contribution >= 4 is 19.4 Å². The highest BCUT2D eigenvalue weighted by molar-refractivity contribution is 6.74. The maximum Gasteiger partial charge on any atom is 0.221 e. The first-order valence-corrected chi connectivity index (χ1v) is 12.1. The number of pyridine rings is 1. The maximum atomic E-state index is 6.43. The van der Waals surface area contributed by atoms with E-state index in [1.54, 1.807) is 0 Å². The van der Waals surface area contributed by atoms with Gasteiger partial charge in [-0.15, -0.1) is 5.10 Å². The lowest BCUT2D eigenvalue weighted by Crippen LogP contribution is -2.40. The predicted molar refractivity (Wildman–Crippen MR) is 109 cm³/mol. The van der Waals surface area contributed by atoms with Gasteiger partial charge < -0.3 is 9.16 Å². The smallest absolute Gasteiger partial charge is 0.221 e. The number of ether oxygens (including phenoxy) is 1. The van der Waals surface area contributed by atoms with Crippen molar-refractivity contribution in [2.24, 2.45) is 0 Å². The van der Waals surface area contributed by atoms with Crippen LogP contribution >= 0.6 is 0 Å². The van der Waals surface area contributed by atoms with E-state index in [2.05, 4.69) is 54.3 Å². The Morgan fingerprint density at radius 2 is 1.78 bits per heavy atom. The third-order valence-corrected chi connectivity index (χ3v) is 9.80. The molecule has 0 atom stereocenters. The van der Waals surface area contributed by atoms with Gasteiger partial charge in [-0.05, 0) is 30.6 Å². The van der Waals surface area contributed by atoms with Crippen molar-refractivity contribution in [3.05, 3.63) is 47.2 Å². The van der Waals surface area contributed by atoms with E-state index in [1.807, 2.05) is 37.3 Å². The topological polar surface area (TPSA) is 72.9 Å². The molecule has 0 saturated heterocycles. The van der Waals surface area contributed by atoms with Gasteiger partial charge in [0.05, 0.1) is 23.4 Å². The number of benzene rings is 1. The molecule has 0 fully saturated rings. The van der Waals surface area contributed by atoms with E-state index in [1.165, 1.54) is 0 Å². The summed E-state index contributed by atoms with van der Waals surface area (Å²) < 4.78 is 12.5. The lowest BCUT2D eigenvalue weighted by molar-refractivity contribution is 0.253. The minimum absolute atomic E-state index is 0.127. The molecule has 1 aromatic carbocycles. The van der Waals surface area contributed by atoms with Crippen LogP contribution in [0.5, 0.6) is 5.88 Å². The average molecular weight is 385 g/mol. The van der Waals surface area contributed by atoms with Crippen molar-refractivity contribution in [2.45, 2.75) is 59.0 Å². The van der Waals surface area contributed by atoms with Crippen LogP contribution in [0, 0.1) is 6.92 Å². The van der Waals surface area contributed by atoms with Crippen LogP contribution < -0.4 is 4.74 Å². The number of aromatic nitrogens is 4. The molecule has 0 amide bonds. The van der Waals surface area contributed by atoms with Crippen LogP contribution in [0.2, 0.25) is 18.1 Å². The first kappa shape index (κ1) is 19.5. The van der Waals surface area contributed by atoms with E-state index >= 15 is 0 Å². The third-order valence-electron chi connectivity index (χ3n) is 5.32. The Kier molecular flexibility index (Phi) is 5.35. The van der Waals surface area contributed by atoms with Gasteiger partial charge in [-0.1, -0.05) is 56.3 Å². The first-order chi connectivity index (χ1) is 12.7. The number of rotatable bonds is 6. The number of fused-ring (bicyclic) bond motifs is 1. The summed E-state index contributed by atoms with van der Waals surface area (Å²) in [7, 11) is -1.92. The van der Waals surface area contributed by atoms with Crippen molar-refractivity contribution in [1.82, 2.24) is 20.4 Å². The van der Waals surface area contributed by atoms with E-state index in [0.717, 1.165) is 27.9 Å². The Morgan fingerprint density at radius 1 is 1.07 bits per heavy atom. The van der Waals surface area contributed by atoms with E-state index in [9.17, 15) is 0 Å². The monoisotopic (exact) mass is 384 g/mol. The molecule has 1 N–H and O–H groups in total. The minimum Gasteiger partial charge on any atom is -0.472 e. The molecule has 0 aliphatic heterocycles. The molecule has 2 aromatic heterocycles. The summed E-state index contributed by atoms with van der Waals surface area (Å²) in [6.45, 7) is 14.0. The Hall–Kier alpha value is -2.25. The molecule has 0 aliphatic rings. The van der Waals surface area contributed by atoms with Crippen LogP contribution in [-0.2, 0) is 17.6 Å². The van der Waals surface area contributed by atoms with Crippen molar-refractivity contribution in [3.63, 3.8) is 0 Å². The zero-order chi connectivity index (χ0) is 19.7. The van der Waals surface area contributed by atoms with Gasteiger partial charge in [0.1, 0.15) is 12.1 Å². The molecule has 0 saturated carbocycles. The van der Waals surface area contributed by atoms with Crippen LogP contribution in [0.4, 0.5) is 0 Å². The molecule has 2 heterocycles. The molecule has 0 radical (unpaired) electrons. The number of hydrogen-bond donors (Lipinski definition) is 1. The van der Waals surface area contributed by atoms with E-state index in [-0.39, 0.29) is 5.04 Å². The molecule has 0 unspecified atom stereocenters. The fourth-order valence-corrected chi connectivity index (χ4v) is 3.46. The molecule has 6 nitrogen and oxygen atoms in total. The molecule has 27 heavy (non-hydrogen) atoms. The van der Waals surface area contributed by atoms with Gasteiger partial charge in [0, 0.05) is 0 Å². The van der Waals surface area contributed by atoms with Gasteiger partial charge in [0.2, 0.25) is 5.88 Å². The summed E-state index contributed by atoms with van der Waals surface area (Å²) in [5, 5.41) is 11.2. The van der Waals surface area contributed by atoms with E-state index in [0.29, 0.717) is 19.1 Å². The summed E-state index contributed by atoms with van der Waals surface area (Å²) in [6.07, 6.45) is 0. The van der Waals surface area contributed by atoms with Crippen LogP contribution in [0.15, 0.2) is 30.3 Å². The van der Waals surface area contributed by atoms with E-state index < -0.39 is 8.32 Å². The Balaban J connectivity index is 1.91. The van der Waals surface area contributed by atoms with Gasteiger partial charge >= 0.3 is 0 Å².